The number of rotatable bonds is 4. The summed E-state index contributed by atoms with van der Waals surface area (Å²) < 4.78 is 4.94. The van der Waals surface area contributed by atoms with Crippen molar-refractivity contribution in [3.05, 3.63) is 17.8 Å². The number of carbonyl (C=O) groups is 1. The minimum atomic E-state index is -0.518. The Morgan fingerprint density at radius 1 is 1.42 bits per heavy atom. The van der Waals surface area contributed by atoms with Crippen LogP contribution in [0.2, 0.25) is 0 Å². The topological polar surface area (TPSA) is 87.6 Å². The molecule has 1 aliphatic carbocycles. The van der Waals surface area contributed by atoms with Gasteiger partial charge in [0, 0.05) is 24.1 Å². The summed E-state index contributed by atoms with van der Waals surface area (Å²) in [7, 11) is 3.63. The summed E-state index contributed by atoms with van der Waals surface area (Å²) in [6.45, 7) is 5.40. The molecule has 132 valence electrons. The summed E-state index contributed by atoms with van der Waals surface area (Å²) in [5, 5.41) is 21.1. The number of hydrogen-bond acceptors (Lipinski definition) is 6. The third kappa shape index (κ3) is 2.86. The molecule has 0 bridgehead atoms. The van der Waals surface area contributed by atoms with Crippen LogP contribution < -0.4 is 10.1 Å². The Kier molecular flexibility index (Phi) is 4.48. The predicted octanol–water partition coefficient (Wildman–Crippen LogP) is 0.695. The van der Waals surface area contributed by atoms with Crippen LogP contribution in [0, 0.1) is 11.3 Å². The molecule has 0 radical (unpaired) electrons. The Morgan fingerprint density at radius 2 is 2.17 bits per heavy atom. The molecule has 1 saturated heterocycles. The molecule has 2 heterocycles. The van der Waals surface area contributed by atoms with E-state index in [1.165, 1.54) is 7.11 Å². The molecule has 2 fully saturated rings. The first-order chi connectivity index (χ1) is 11.4. The minimum Gasteiger partial charge on any atom is -0.480 e. The molecule has 1 aliphatic heterocycles. The lowest BCUT2D eigenvalue weighted by molar-refractivity contribution is -0.0827. The van der Waals surface area contributed by atoms with Gasteiger partial charge in [0.2, 0.25) is 5.88 Å². The zero-order valence-electron chi connectivity index (χ0n) is 14.7. The highest BCUT2D eigenvalue weighted by Crippen LogP contribution is 2.52. The number of nitrogens with one attached hydrogen (secondary N) is 1. The molecule has 0 aromatic carbocycles. The quantitative estimate of drug-likeness (QED) is 0.843. The van der Waals surface area contributed by atoms with E-state index in [1.54, 1.807) is 12.1 Å². The molecule has 1 spiro atoms. The number of likely N-dealkylation sites (tertiary alicyclic amines) is 1. The van der Waals surface area contributed by atoms with E-state index in [0.717, 1.165) is 19.4 Å². The van der Waals surface area contributed by atoms with Crippen molar-refractivity contribution in [1.82, 2.24) is 20.4 Å². The van der Waals surface area contributed by atoms with Gasteiger partial charge < -0.3 is 20.1 Å². The van der Waals surface area contributed by atoms with Gasteiger partial charge in [0.15, 0.2) is 5.69 Å². The monoisotopic (exact) mass is 334 g/mol. The Balaban J connectivity index is 1.66. The zero-order chi connectivity index (χ0) is 17.5. The Labute approximate surface area is 142 Å². The second-order valence-electron chi connectivity index (χ2n) is 7.48. The Hall–Kier alpha value is -1.73. The Morgan fingerprint density at radius 3 is 2.71 bits per heavy atom. The van der Waals surface area contributed by atoms with E-state index in [9.17, 15) is 9.90 Å². The van der Waals surface area contributed by atoms with Crippen molar-refractivity contribution in [2.75, 3.05) is 20.7 Å². The molecule has 2 N–H and O–H groups in total. The van der Waals surface area contributed by atoms with Crippen LogP contribution >= 0.6 is 0 Å². The lowest BCUT2D eigenvalue weighted by atomic mass is 9.66. The second-order valence-corrected chi connectivity index (χ2v) is 7.48. The first-order valence-corrected chi connectivity index (χ1v) is 8.43. The summed E-state index contributed by atoms with van der Waals surface area (Å²) in [6.07, 6.45) is 1.02. The van der Waals surface area contributed by atoms with Crippen molar-refractivity contribution < 1.29 is 14.6 Å². The molecule has 24 heavy (non-hydrogen) atoms. The number of aliphatic hydroxyl groups excluding tert-OH is 1. The molecular formula is C17H26N4O3. The average Bonchev–Trinajstić information content (AvgIpc) is 2.84. The summed E-state index contributed by atoms with van der Waals surface area (Å²) in [4.78, 5) is 14.7. The molecule has 1 aromatic heterocycles. The Bertz CT molecular complexity index is 602. The summed E-state index contributed by atoms with van der Waals surface area (Å²) in [5.41, 5.74) is 0.335. The van der Waals surface area contributed by atoms with Crippen LogP contribution in [-0.2, 0) is 0 Å². The summed E-state index contributed by atoms with van der Waals surface area (Å²) in [6, 6.07) is 3.39. The molecule has 7 nitrogen and oxygen atoms in total. The van der Waals surface area contributed by atoms with E-state index < -0.39 is 6.10 Å². The number of nitrogens with zero attached hydrogens (tertiary/aromatic N) is 3. The third-order valence-corrected chi connectivity index (χ3v) is 5.40. The van der Waals surface area contributed by atoms with E-state index in [0.29, 0.717) is 17.8 Å². The van der Waals surface area contributed by atoms with Crippen molar-refractivity contribution in [2.45, 2.75) is 44.9 Å². The first-order valence-electron chi connectivity index (χ1n) is 8.43. The van der Waals surface area contributed by atoms with Crippen LogP contribution in [0.5, 0.6) is 5.88 Å². The van der Waals surface area contributed by atoms with Crippen LogP contribution in [0.25, 0.3) is 0 Å². The summed E-state index contributed by atoms with van der Waals surface area (Å²) >= 11 is 0. The highest BCUT2D eigenvalue weighted by atomic mass is 16.5. The number of aliphatic hydroxyl groups is 1. The van der Waals surface area contributed by atoms with E-state index >= 15 is 0 Å². The lowest BCUT2D eigenvalue weighted by Gasteiger charge is -2.57. The highest BCUT2D eigenvalue weighted by Gasteiger charge is 2.58. The molecule has 4 atom stereocenters. The predicted molar refractivity (Wildman–Crippen MR) is 88.8 cm³/mol. The maximum Gasteiger partial charge on any atom is 0.272 e. The van der Waals surface area contributed by atoms with Crippen molar-refractivity contribution in [3.63, 3.8) is 0 Å². The van der Waals surface area contributed by atoms with E-state index in [-0.39, 0.29) is 23.1 Å². The van der Waals surface area contributed by atoms with Crippen LogP contribution in [0.1, 0.15) is 37.2 Å². The first kappa shape index (κ1) is 17.1. The van der Waals surface area contributed by atoms with Crippen molar-refractivity contribution in [3.8, 4) is 5.88 Å². The fourth-order valence-corrected chi connectivity index (χ4v) is 4.79. The van der Waals surface area contributed by atoms with Gasteiger partial charge in [-0.3, -0.25) is 4.79 Å². The van der Waals surface area contributed by atoms with Crippen molar-refractivity contribution in [2.24, 2.45) is 11.3 Å². The van der Waals surface area contributed by atoms with Crippen LogP contribution in [0.4, 0.5) is 0 Å². The van der Waals surface area contributed by atoms with E-state index in [2.05, 4.69) is 41.3 Å². The van der Waals surface area contributed by atoms with E-state index in [1.807, 2.05) is 0 Å². The van der Waals surface area contributed by atoms with Gasteiger partial charge in [-0.1, -0.05) is 13.8 Å². The zero-order valence-corrected chi connectivity index (χ0v) is 14.7. The van der Waals surface area contributed by atoms with Gasteiger partial charge in [-0.15, -0.1) is 10.2 Å². The highest BCUT2D eigenvalue weighted by molar-refractivity contribution is 5.92. The van der Waals surface area contributed by atoms with Gasteiger partial charge in [0.05, 0.1) is 19.3 Å². The smallest absolute Gasteiger partial charge is 0.272 e. The van der Waals surface area contributed by atoms with Crippen molar-refractivity contribution >= 4 is 5.91 Å². The lowest BCUT2D eigenvalue weighted by Crippen LogP contribution is -2.64. The van der Waals surface area contributed by atoms with Gasteiger partial charge in [0.1, 0.15) is 0 Å². The molecule has 2 unspecified atom stereocenters. The number of amides is 1. The number of carbonyl (C=O) groups excluding carboxylic acids is 1. The van der Waals surface area contributed by atoms with Crippen LogP contribution in [0.3, 0.4) is 0 Å². The van der Waals surface area contributed by atoms with E-state index in [4.69, 9.17) is 4.74 Å². The number of hydrogen-bond donors (Lipinski definition) is 2. The summed E-state index contributed by atoms with van der Waals surface area (Å²) in [5.74, 6) is 0.585. The maximum atomic E-state index is 12.4. The largest absolute Gasteiger partial charge is 0.480 e. The third-order valence-electron chi connectivity index (χ3n) is 5.40. The average molecular weight is 334 g/mol. The number of aromatic nitrogens is 2. The standard InChI is InChI=1S/C17H26N4O3/c1-10(2)15-17(9-21(15)3)7-12(13(22)8-17)18-16(23)11-5-6-14(24-4)20-19-11/h5-6,10,12-13,15,22H,7-9H2,1-4H3,(H,18,23)/t12-,13-,15?,17?/m1/s1. The van der Waals surface area contributed by atoms with Crippen LogP contribution in [0.15, 0.2) is 12.1 Å². The molecular weight excluding hydrogens is 308 g/mol. The molecule has 1 amide bonds. The van der Waals surface area contributed by atoms with Gasteiger partial charge >= 0.3 is 0 Å². The second kappa shape index (κ2) is 6.29. The molecule has 3 rings (SSSR count). The molecule has 1 aromatic rings. The minimum absolute atomic E-state index is 0.103. The number of methoxy groups -OCH3 is 1. The van der Waals surface area contributed by atoms with Gasteiger partial charge in [-0.25, -0.2) is 0 Å². The van der Waals surface area contributed by atoms with Gasteiger partial charge in [-0.2, -0.15) is 0 Å². The fraction of sp³-hybridized carbons (Fsp3) is 0.706. The van der Waals surface area contributed by atoms with Crippen LogP contribution in [-0.4, -0.2) is 65.0 Å². The fourth-order valence-electron chi connectivity index (χ4n) is 4.79. The molecule has 7 heteroatoms. The van der Waals surface area contributed by atoms with Crippen molar-refractivity contribution in [1.29, 1.82) is 0 Å². The maximum absolute atomic E-state index is 12.4. The SMILES string of the molecule is COc1ccc(C(=O)N[C@@H]2CC3(C[C@H]2O)CN(C)C3C(C)C)nn1. The van der Waals surface area contributed by atoms with Gasteiger partial charge in [0.25, 0.3) is 5.91 Å². The molecule has 2 aliphatic rings. The van der Waals surface area contributed by atoms with Gasteiger partial charge in [-0.05, 0) is 31.9 Å². The molecule has 1 saturated carbocycles. The number of ether oxygens (including phenoxy) is 1. The normalized spacial score (nSPS) is 32.8.